The van der Waals surface area contributed by atoms with Crippen molar-refractivity contribution in [2.75, 3.05) is 11.9 Å². The molecule has 1 aromatic heterocycles. The Morgan fingerprint density at radius 3 is 2.71 bits per heavy atom. The number of anilines is 1. The zero-order valence-corrected chi connectivity index (χ0v) is 17.2. The standard InChI is InChI=1S/C24H23N5O2/c1-3-9-17-15-19(24(31)29(2)20-13-8-7-12-18(17)20)25-23(30)22-26-21(27-28-22)14-16-10-5-4-6-11-16/h1,4-8,10-13,17,19H,9,14-15H2,2H3,(H,25,30)(H,26,27,28)/t17-,19+/m0/s1. The van der Waals surface area contributed by atoms with E-state index in [4.69, 9.17) is 6.42 Å². The lowest BCUT2D eigenvalue weighted by atomic mass is 9.90. The van der Waals surface area contributed by atoms with E-state index in [0.717, 1.165) is 16.8 Å². The number of carbonyl (C=O) groups is 2. The summed E-state index contributed by atoms with van der Waals surface area (Å²) in [5.41, 5.74) is 2.88. The molecule has 0 fully saturated rings. The van der Waals surface area contributed by atoms with Crippen molar-refractivity contribution in [1.29, 1.82) is 0 Å². The second-order valence-corrected chi connectivity index (χ2v) is 7.61. The van der Waals surface area contributed by atoms with Gasteiger partial charge in [-0.2, -0.15) is 0 Å². The molecule has 0 saturated heterocycles. The Kier molecular flexibility index (Phi) is 5.80. The highest BCUT2D eigenvalue weighted by Crippen LogP contribution is 2.36. The molecular weight excluding hydrogens is 390 g/mol. The number of hydrogen-bond donors (Lipinski definition) is 2. The number of terminal acetylenes is 1. The van der Waals surface area contributed by atoms with Gasteiger partial charge >= 0.3 is 0 Å². The van der Waals surface area contributed by atoms with Crippen LogP contribution >= 0.6 is 0 Å². The largest absolute Gasteiger partial charge is 0.337 e. The highest BCUT2D eigenvalue weighted by Gasteiger charge is 2.34. The van der Waals surface area contributed by atoms with Gasteiger partial charge in [0, 0.05) is 25.6 Å². The number of benzene rings is 2. The van der Waals surface area contributed by atoms with Crippen LogP contribution in [0.25, 0.3) is 0 Å². The predicted octanol–water partition coefficient (Wildman–Crippen LogP) is 2.67. The molecule has 2 N–H and O–H groups in total. The molecular formula is C24H23N5O2. The topological polar surface area (TPSA) is 91.0 Å². The summed E-state index contributed by atoms with van der Waals surface area (Å²) in [6, 6.07) is 16.8. The molecule has 0 saturated carbocycles. The Bertz CT molecular complexity index is 1130. The van der Waals surface area contributed by atoms with Crippen molar-refractivity contribution < 1.29 is 9.59 Å². The normalized spacial score (nSPS) is 18.1. The van der Waals surface area contributed by atoms with Gasteiger partial charge in [0.2, 0.25) is 11.7 Å². The van der Waals surface area contributed by atoms with Crippen molar-refractivity contribution in [3.8, 4) is 12.3 Å². The van der Waals surface area contributed by atoms with Gasteiger partial charge in [0.05, 0.1) is 0 Å². The fourth-order valence-electron chi connectivity index (χ4n) is 3.95. The number of likely N-dealkylation sites (N-methyl/N-ethyl adjacent to an activating group) is 1. The molecule has 0 radical (unpaired) electrons. The quantitative estimate of drug-likeness (QED) is 0.629. The SMILES string of the molecule is C#CC[C@H]1C[C@@H](NC(=O)c2nnc(Cc3ccccc3)[nH]2)C(=O)N(C)c2ccccc21. The predicted molar refractivity (Wildman–Crippen MR) is 118 cm³/mol. The van der Waals surface area contributed by atoms with Crippen LogP contribution in [0.3, 0.4) is 0 Å². The Labute approximate surface area is 180 Å². The molecule has 2 aromatic carbocycles. The third kappa shape index (κ3) is 4.33. The minimum absolute atomic E-state index is 0.0382. The van der Waals surface area contributed by atoms with E-state index in [0.29, 0.717) is 25.1 Å². The number of carbonyl (C=O) groups excluding carboxylic acids is 2. The van der Waals surface area contributed by atoms with Gasteiger partial charge in [-0.25, -0.2) is 0 Å². The number of aromatic amines is 1. The zero-order valence-electron chi connectivity index (χ0n) is 17.2. The number of H-pyrrole nitrogens is 1. The molecule has 31 heavy (non-hydrogen) atoms. The summed E-state index contributed by atoms with van der Waals surface area (Å²) >= 11 is 0. The number of para-hydroxylation sites is 1. The van der Waals surface area contributed by atoms with E-state index in [1.807, 2.05) is 54.6 Å². The van der Waals surface area contributed by atoms with Gasteiger partial charge in [0.1, 0.15) is 11.9 Å². The molecule has 7 heteroatoms. The van der Waals surface area contributed by atoms with Crippen molar-refractivity contribution in [2.45, 2.75) is 31.2 Å². The minimum Gasteiger partial charge on any atom is -0.337 e. The lowest BCUT2D eigenvalue weighted by Gasteiger charge is -2.21. The maximum absolute atomic E-state index is 13.1. The maximum atomic E-state index is 13.1. The molecule has 0 bridgehead atoms. The molecule has 1 aliphatic heterocycles. The number of nitrogens with zero attached hydrogens (tertiary/aromatic N) is 3. The van der Waals surface area contributed by atoms with Gasteiger partial charge in [-0.05, 0) is 29.5 Å². The zero-order chi connectivity index (χ0) is 21.8. The molecule has 156 valence electrons. The first-order chi connectivity index (χ1) is 15.1. The highest BCUT2D eigenvalue weighted by molar-refractivity contribution is 6.02. The third-order valence-corrected chi connectivity index (χ3v) is 5.52. The number of amides is 2. The van der Waals surface area contributed by atoms with Crippen LogP contribution in [0.2, 0.25) is 0 Å². The van der Waals surface area contributed by atoms with Crippen molar-refractivity contribution >= 4 is 17.5 Å². The van der Waals surface area contributed by atoms with Gasteiger partial charge in [-0.1, -0.05) is 48.5 Å². The molecule has 1 aliphatic rings. The van der Waals surface area contributed by atoms with E-state index in [1.54, 1.807) is 11.9 Å². The smallest absolute Gasteiger partial charge is 0.289 e. The van der Waals surface area contributed by atoms with Gasteiger partial charge in [0.25, 0.3) is 5.91 Å². The van der Waals surface area contributed by atoms with E-state index in [2.05, 4.69) is 26.4 Å². The molecule has 0 spiro atoms. The Morgan fingerprint density at radius 1 is 1.19 bits per heavy atom. The van der Waals surface area contributed by atoms with Crippen molar-refractivity contribution in [2.24, 2.45) is 0 Å². The van der Waals surface area contributed by atoms with Crippen LogP contribution in [0.15, 0.2) is 54.6 Å². The number of aromatic nitrogens is 3. The van der Waals surface area contributed by atoms with E-state index in [-0.39, 0.29) is 17.6 Å². The molecule has 2 atom stereocenters. The third-order valence-electron chi connectivity index (χ3n) is 5.52. The molecule has 0 unspecified atom stereocenters. The van der Waals surface area contributed by atoms with Crippen molar-refractivity contribution in [1.82, 2.24) is 20.5 Å². The van der Waals surface area contributed by atoms with Gasteiger partial charge in [-0.15, -0.1) is 22.5 Å². The molecule has 4 rings (SSSR count). The lowest BCUT2D eigenvalue weighted by molar-refractivity contribution is -0.120. The minimum atomic E-state index is -0.717. The molecule has 0 aliphatic carbocycles. The Morgan fingerprint density at radius 2 is 1.94 bits per heavy atom. The van der Waals surface area contributed by atoms with Gasteiger partial charge in [-0.3, -0.25) is 9.59 Å². The van der Waals surface area contributed by atoms with Crippen LogP contribution in [-0.4, -0.2) is 40.1 Å². The molecule has 3 aromatic rings. The Hall–Kier alpha value is -3.92. The average Bonchev–Trinajstić information content (AvgIpc) is 3.23. The van der Waals surface area contributed by atoms with E-state index in [1.165, 1.54) is 0 Å². The van der Waals surface area contributed by atoms with Crippen LogP contribution in [0.4, 0.5) is 5.69 Å². The summed E-state index contributed by atoms with van der Waals surface area (Å²) in [7, 11) is 1.71. The van der Waals surface area contributed by atoms with Gasteiger partial charge in [0.15, 0.2) is 0 Å². The summed E-state index contributed by atoms with van der Waals surface area (Å²) in [5, 5.41) is 10.9. The van der Waals surface area contributed by atoms with E-state index < -0.39 is 11.9 Å². The first kappa shape index (κ1) is 20.4. The summed E-state index contributed by atoms with van der Waals surface area (Å²) in [6.45, 7) is 0. The number of rotatable bonds is 5. The first-order valence-electron chi connectivity index (χ1n) is 10.1. The second kappa shape index (κ2) is 8.84. The number of nitrogens with one attached hydrogen (secondary N) is 2. The fraction of sp³-hybridized carbons (Fsp3) is 0.250. The van der Waals surface area contributed by atoms with Crippen molar-refractivity contribution in [3.05, 3.63) is 77.4 Å². The summed E-state index contributed by atoms with van der Waals surface area (Å²) in [5.74, 6) is 2.66. The monoisotopic (exact) mass is 413 g/mol. The summed E-state index contributed by atoms with van der Waals surface area (Å²) < 4.78 is 0. The van der Waals surface area contributed by atoms with Crippen LogP contribution in [-0.2, 0) is 11.2 Å². The summed E-state index contributed by atoms with van der Waals surface area (Å²) in [4.78, 5) is 30.4. The molecule has 2 heterocycles. The van der Waals surface area contributed by atoms with Crippen molar-refractivity contribution in [3.63, 3.8) is 0 Å². The van der Waals surface area contributed by atoms with Crippen LogP contribution < -0.4 is 10.2 Å². The Balaban J connectivity index is 1.51. The summed E-state index contributed by atoms with van der Waals surface area (Å²) in [6.07, 6.45) is 7.01. The van der Waals surface area contributed by atoms with Crippen LogP contribution in [0.1, 0.15) is 46.3 Å². The van der Waals surface area contributed by atoms with E-state index >= 15 is 0 Å². The second-order valence-electron chi connectivity index (χ2n) is 7.61. The highest BCUT2D eigenvalue weighted by atomic mass is 16.2. The number of fused-ring (bicyclic) bond motifs is 1. The fourth-order valence-corrected chi connectivity index (χ4v) is 3.95. The van der Waals surface area contributed by atoms with Crippen LogP contribution in [0.5, 0.6) is 0 Å². The lowest BCUT2D eigenvalue weighted by Crippen LogP contribution is -2.47. The van der Waals surface area contributed by atoms with E-state index in [9.17, 15) is 9.59 Å². The molecule has 7 nitrogen and oxygen atoms in total. The average molecular weight is 413 g/mol. The number of hydrogen-bond acceptors (Lipinski definition) is 4. The van der Waals surface area contributed by atoms with Crippen LogP contribution in [0, 0.1) is 12.3 Å². The maximum Gasteiger partial charge on any atom is 0.289 e. The first-order valence-corrected chi connectivity index (χ1v) is 10.1. The molecule has 2 amide bonds. The van der Waals surface area contributed by atoms with Gasteiger partial charge < -0.3 is 15.2 Å².